The maximum Gasteiger partial charge on any atom is 0.263 e. The monoisotopic (exact) mass is 391 g/mol. The first-order chi connectivity index (χ1) is 12.6. The third-order valence-electron chi connectivity index (χ3n) is 5.03. The molecule has 1 aromatic heterocycles. The summed E-state index contributed by atoms with van der Waals surface area (Å²) in [6.45, 7) is 2.22. The Morgan fingerprint density at radius 1 is 1.31 bits per heavy atom. The van der Waals surface area contributed by atoms with Crippen molar-refractivity contribution >= 4 is 28.8 Å². The highest BCUT2D eigenvalue weighted by Crippen LogP contribution is 2.28. The lowest BCUT2D eigenvalue weighted by Crippen LogP contribution is -2.48. The first-order valence-corrected chi connectivity index (χ1v) is 10.2. The summed E-state index contributed by atoms with van der Waals surface area (Å²) in [4.78, 5) is 17.9. The molecule has 2 fully saturated rings. The number of aryl methyl sites for hydroxylation is 1. The Labute approximate surface area is 162 Å². The number of thiazole rings is 1. The van der Waals surface area contributed by atoms with Crippen LogP contribution in [0.4, 0.5) is 0 Å². The molecule has 2 atom stereocenters. The van der Waals surface area contributed by atoms with E-state index in [-0.39, 0.29) is 11.9 Å². The number of nitrogens with one attached hydrogen (secondary N) is 2. The van der Waals surface area contributed by atoms with Crippen molar-refractivity contribution in [2.24, 2.45) is 0 Å². The second kappa shape index (κ2) is 7.55. The SMILES string of the molecule is Cc1nc(COc2ccc(Cl)cc2)sc1C(=O)NC1CC2CCC(C1)N2. The van der Waals surface area contributed by atoms with E-state index in [9.17, 15) is 4.79 Å². The minimum absolute atomic E-state index is 0.0101. The smallest absolute Gasteiger partial charge is 0.263 e. The Morgan fingerprint density at radius 2 is 2.00 bits per heavy atom. The molecule has 0 radical (unpaired) electrons. The number of rotatable bonds is 5. The van der Waals surface area contributed by atoms with Crippen LogP contribution in [0, 0.1) is 6.92 Å². The van der Waals surface area contributed by atoms with Gasteiger partial charge in [-0.25, -0.2) is 4.98 Å². The Balaban J connectivity index is 1.36. The minimum Gasteiger partial charge on any atom is -0.486 e. The fourth-order valence-corrected chi connectivity index (χ4v) is 4.83. The number of piperidine rings is 1. The van der Waals surface area contributed by atoms with Gasteiger partial charge < -0.3 is 15.4 Å². The molecule has 4 rings (SSSR count). The molecule has 0 aliphatic carbocycles. The molecule has 26 heavy (non-hydrogen) atoms. The van der Waals surface area contributed by atoms with Crippen LogP contribution in [0.25, 0.3) is 0 Å². The summed E-state index contributed by atoms with van der Waals surface area (Å²) < 4.78 is 5.73. The van der Waals surface area contributed by atoms with Crippen molar-refractivity contribution in [3.8, 4) is 5.75 Å². The second-order valence-corrected chi connectivity index (χ2v) is 8.56. The Kier molecular flexibility index (Phi) is 5.16. The number of fused-ring (bicyclic) bond motifs is 2. The van der Waals surface area contributed by atoms with Crippen LogP contribution in [0.15, 0.2) is 24.3 Å². The van der Waals surface area contributed by atoms with Crippen LogP contribution in [0.3, 0.4) is 0 Å². The van der Waals surface area contributed by atoms with Gasteiger partial charge in [0.25, 0.3) is 5.91 Å². The fraction of sp³-hybridized carbons (Fsp3) is 0.474. The summed E-state index contributed by atoms with van der Waals surface area (Å²) in [5.41, 5.74) is 0.763. The number of carbonyl (C=O) groups is 1. The zero-order chi connectivity index (χ0) is 18.1. The van der Waals surface area contributed by atoms with Gasteiger partial charge in [-0.2, -0.15) is 0 Å². The predicted octanol–water partition coefficient (Wildman–Crippen LogP) is 3.70. The molecule has 1 aromatic carbocycles. The molecule has 2 aliphatic heterocycles. The average molecular weight is 392 g/mol. The Hall–Kier alpha value is -1.63. The van der Waals surface area contributed by atoms with Gasteiger partial charge in [-0.1, -0.05) is 11.6 Å². The number of aromatic nitrogens is 1. The zero-order valence-corrected chi connectivity index (χ0v) is 16.2. The summed E-state index contributed by atoms with van der Waals surface area (Å²) in [6.07, 6.45) is 4.49. The first kappa shape index (κ1) is 17.8. The van der Waals surface area contributed by atoms with E-state index in [1.807, 2.05) is 19.1 Å². The number of hydrogen-bond donors (Lipinski definition) is 2. The lowest BCUT2D eigenvalue weighted by Gasteiger charge is -2.29. The zero-order valence-electron chi connectivity index (χ0n) is 14.6. The number of ether oxygens (including phenoxy) is 1. The molecule has 138 valence electrons. The maximum atomic E-state index is 12.7. The summed E-state index contributed by atoms with van der Waals surface area (Å²) in [7, 11) is 0. The third-order valence-corrected chi connectivity index (χ3v) is 6.41. The van der Waals surface area contributed by atoms with Crippen molar-refractivity contribution in [3.63, 3.8) is 0 Å². The molecular weight excluding hydrogens is 370 g/mol. The van der Waals surface area contributed by atoms with Gasteiger partial charge in [0.2, 0.25) is 0 Å². The quantitative estimate of drug-likeness (QED) is 0.815. The van der Waals surface area contributed by atoms with Crippen molar-refractivity contribution in [3.05, 3.63) is 44.9 Å². The van der Waals surface area contributed by atoms with E-state index in [1.165, 1.54) is 24.2 Å². The van der Waals surface area contributed by atoms with Gasteiger partial charge >= 0.3 is 0 Å². The number of carbonyl (C=O) groups excluding carboxylic acids is 1. The van der Waals surface area contributed by atoms with Crippen LogP contribution >= 0.6 is 22.9 Å². The molecule has 7 heteroatoms. The normalized spacial score (nSPS) is 24.5. The molecule has 2 saturated heterocycles. The summed E-state index contributed by atoms with van der Waals surface area (Å²) in [5, 5.41) is 8.28. The van der Waals surface area contributed by atoms with Gasteiger partial charge in [0.05, 0.1) is 5.69 Å². The summed E-state index contributed by atoms with van der Waals surface area (Å²) >= 11 is 7.28. The van der Waals surface area contributed by atoms with Gasteiger partial charge in [-0.05, 0) is 56.9 Å². The van der Waals surface area contributed by atoms with E-state index >= 15 is 0 Å². The molecule has 0 spiro atoms. The van der Waals surface area contributed by atoms with Crippen molar-refractivity contribution in [2.45, 2.75) is 57.3 Å². The molecule has 1 amide bonds. The largest absolute Gasteiger partial charge is 0.486 e. The third kappa shape index (κ3) is 4.03. The molecule has 2 unspecified atom stereocenters. The van der Waals surface area contributed by atoms with E-state index in [1.54, 1.807) is 12.1 Å². The lowest BCUT2D eigenvalue weighted by molar-refractivity contribution is 0.0927. The maximum absolute atomic E-state index is 12.7. The van der Waals surface area contributed by atoms with Crippen LogP contribution in [-0.4, -0.2) is 29.0 Å². The molecule has 2 N–H and O–H groups in total. The highest BCUT2D eigenvalue weighted by Gasteiger charge is 2.34. The number of amides is 1. The van der Waals surface area contributed by atoms with Crippen LogP contribution in [0.1, 0.15) is 46.1 Å². The van der Waals surface area contributed by atoms with Crippen molar-refractivity contribution in [2.75, 3.05) is 0 Å². The van der Waals surface area contributed by atoms with E-state index in [2.05, 4.69) is 15.6 Å². The fourth-order valence-electron chi connectivity index (χ4n) is 3.83. The van der Waals surface area contributed by atoms with Crippen LogP contribution in [0.5, 0.6) is 5.75 Å². The van der Waals surface area contributed by atoms with E-state index < -0.39 is 0 Å². The lowest BCUT2D eigenvalue weighted by atomic mass is 10.00. The Morgan fingerprint density at radius 3 is 2.69 bits per heavy atom. The van der Waals surface area contributed by atoms with Crippen LogP contribution in [0.2, 0.25) is 5.02 Å². The van der Waals surface area contributed by atoms with Crippen molar-refractivity contribution in [1.82, 2.24) is 15.6 Å². The summed E-state index contributed by atoms with van der Waals surface area (Å²) in [5.74, 6) is 0.725. The van der Waals surface area contributed by atoms with Crippen LogP contribution in [-0.2, 0) is 6.61 Å². The van der Waals surface area contributed by atoms with E-state index in [0.717, 1.165) is 29.3 Å². The first-order valence-electron chi connectivity index (χ1n) is 8.98. The number of nitrogens with zero attached hydrogens (tertiary/aromatic N) is 1. The highest BCUT2D eigenvalue weighted by molar-refractivity contribution is 7.13. The molecule has 2 aliphatic rings. The highest BCUT2D eigenvalue weighted by atomic mass is 35.5. The molecule has 3 heterocycles. The number of benzene rings is 1. The van der Waals surface area contributed by atoms with E-state index in [0.29, 0.717) is 28.6 Å². The molecular formula is C19H22ClN3O2S. The van der Waals surface area contributed by atoms with Crippen molar-refractivity contribution < 1.29 is 9.53 Å². The summed E-state index contributed by atoms with van der Waals surface area (Å²) in [6, 6.07) is 8.60. The minimum atomic E-state index is -0.0101. The number of halogens is 1. The standard InChI is InChI=1S/C19H22ClN3O2S/c1-11-18(19(24)23-15-8-13-4-5-14(9-15)22-13)26-17(21-11)10-25-16-6-2-12(20)3-7-16/h2-3,6-7,13-15,22H,4-5,8-10H2,1H3,(H,23,24). The van der Waals surface area contributed by atoms with Gasteiger partial charge in [0.1, 0.15) is 22.2 Å². The average Bonchev–Trinajstić information content (AvgIpc) is 3.16. The van der Waals surface area contributed by atoms with Gasteiger partial charge in [-0.3, -0.25) is 4.79 Å². The van der Waals surface area contributed by atoms with Gasteiger partial charge in [-0.15, -0.1) is 11.3 Å². The molecule has 2 bridgehead atoms. The van der Waals surface area contributed by atoms with Crippen LogP contribution < -0.4 is 15.4 Å². The number of hydrogen-bond acceptors (Lipinski definition) is 5. The topological polar surface area (TPSA) is 63.2 Å². The van der Waals surface area contributed by atoms with E-state index in [4.69, 9.17) is 16.3 Å². The van der Waals surface area contributed by atoms with Crippen molar-refractivity contribution in [1.29, 1.82) is 0 Å². The van der Waals surface area contributed by atoms with Gasteiger partial charge in [0.15, 0.2) is 0 Å². The van der Waals surface area contributed by atoms with Gasteiger partial charge in [0, 0.05) is 23.1 Å². The second-order valence-electron chi connectivity index (χ2n) is 7.04. The molecule has 5 nitrogen and oxygen atoms in total. The Bertz CT molecular complexity index is 781. The molecule has 0 saturated carbocycles. The molecule has 2 aromatic rings. The predicted molar refractivity (Wildman–Crippen MR) is 103 cm³/mol.